The van der Waals surface area contributed by atoms with Crippen LogP contribution in [0.2, 0.25) is 0 Å². The van der Waals surface area contributed by atoms with E-state index in [2.05, 4.69) is 47.6 Å². The fourth-order valence-electron chi connectivity index (χ4n) is 10.0. The molecule has 0 radical (unpaired) electrons. The summed E-state index contributed by atoms with van der Waals surface area (Å²) in [5.74, 6) is 0.608. The number of esters is 1. The molecule has 5 rings (SSSR count). The smallest absolute Gasteiger partial charge is 0.311 e. The van der Waals surface area contributed by atoms with Gasteiger partial charge in [0.05, 0.1) is 12.5 Å². The number of benzene rings is 1. The van der Waals surface area contributed by atoms with Crippen LogP contribution in [0, 0.1) is 34.5 Å². The van der Waals surface area contributed by atoms with Crippen LogP contribution in [0.1, 0.15) is 116 Å². The summed E-state index contributed by atoms with van der Waals surface area (Å²) in [7, 11) is 1.54. The molecule has 2 N–H and O–H groups in total. The molecule has 3 saturated carbocycles. The highest BCUT2D eigenvalue weighted by Crippen LogP contribution is 2.76. The van der Waals surface area contributed by atoms with Gasteiger partial charge in [-0.25, -0.2) is 0 Å². The van der Waals surface area contributed by atoms with Crippen LogP contribution in [0.3, 0.4) is 0 Å². The molecule has 0 aliphatic heterocycles. The van der Waals surface area contributed by atoms with Gasteiger partial charge in [-0.3, -0.25) is 4.79 Å². The second kappa shape index (κ2) is 7.77. The highest BCUT2D eigenvalue weighted by molar-refractivity contribution is 5.76. The third-order valence-electron chi connectivity index (χ3n) is 12.3. The van der Waals surface area contributed by atoms with Crippen LogP contribution in [0.25, 0.3) is 0 Å². The first kappa shape index (κ1) is 25.7. The number of phenols is 2. The Bertz CT molecular complexity index is 1150. The van der Waals surface area contributed by atoms with Crippen LogP contribution < -0.4 is 0 Å². The molecule has 36 heavy (non-hydrogen) atoms. The molecular formula is C32H46O4. The number of fused-ring (bicyclic) bond motifs is 7. The number of carbonyl (C=O) groups excluding carboxylic acids is 1. The second-order valence-electron chi connectivity index (χ2n) is 13.8. The molecule has 4 nitrogen and oxygen atoms in total. The van der Waals surface area contributed by atoms with Crippen molar-refractivity contribution >= 4 is 5.97 Å². The van der Waals surface area contributed by atoms with Gasteiger partial charge in [0, 0.05) is 5.41 Å². The molecule has 4 aliphatic carbocycles. The highest BCUT2D eigenvalue weighted by atomic mass is 16.5. The summed E-state index contributed by atoms with van der Waals surface area (Å²) in [6, 6.07) is 1.85. The van der Waals surface area contributed by atoms with Gasteiger partial charge in [-0.15, -0.1) is 0 Å². The largest absolute Gasteiger partial charge is 0.504 e. The minimum atomic E-state index is -0.415. The summed E-state index contributed by atoms with van der Waals surface area (Å²) in [5, 5.41) is 21.2. The summed E-state index contributed by atoms with van der Waals surface area (Å²) in [5.41, 5.74) is 4.51. The van der Waals surface area contributed by atoms with Gasteiger partial charge in [-0.05, 0) is 116 Å². The number of ether oxygens (including phenoxy) is 1. The molecule has 0 amide bonds. The van der Waals surface area contributed by atoms with Crippen LogP contribution in [-0.2, 0) is 14.9 Å². The van der Waals surface area contributed by atoms with Crippen LogP contribution in [-0.4, -0.2) is 23.3 Å². The molecular weight excluding hydrogens is 448 g/mol. The van der Waals surface area contributed by atoms with Crippen LogP contribution in [0.5, 0.6) is 11.5 Å². The average molecular weight is 495 g/mol. The minimum absolute atomic E-state index is 0.00393. The maximum Gasteiger partial charge on any atom is 0.311 e. The van der Waals surface area contributed by atoms with Gasteiger partial charge < -0.3 is 14.9 Å². The van der Waals surface area contributed by atoms with E-state index in [1.807, 2.05) is 13.0 Å². The van der Waals surface area contributed by atoms with Gasteiger partial charge in [-0.2, -0.15) is 0 Å². The molecule has 3 fully saturated rings. The Morgan fingerprint density at radius 1 is 1.06 bits per heavy atom. The molecule has 4 aliphatic rings. The number of carbonyl (C=O) groups is 1. The number of rotatable bonds is 2. The fraction of sp³-hybridized carbons (Fsp3) is 0.719. The van der Waals surface area contributed by atoms with Gasteiger partial charge in [0.2, 0.25) is 0 Å². The lowest BCUT2D eigenvalue weighted by atomic mass is 9.33. The first-order chi connectivity index (χ1) is 16.7. The molecule has 0 aromatic heterocycles. The van der Waals surface area contributed by atoms with Crippen molar-refractivity contribution in [2.75, 3.05) is 7.11 Å². The number of phenolic OH excluding ortho intramolecular Hbond substituents is 2. The van der Waals surface area contributed by atoms with E-state index in [4.69, 9.17) is 4.74 Å². The van der Waals surface area contributed by atoms with E-state index in [-0.39, 0.29) is 45.0 Å². The molecule has 0 heterocycles. The Hall–Kier alpha value is -1.97. The van der Waals surface area contributed by atoms with Crippen molar-refractivity contribution in [3.8, 4) is 11.5 Å². The monoisotopic (exact) mass is 494 g/mol. The average Bonchev–Trinajstić information content (AvgIpc) is 2.84. The maximum absolute atomic E-state index is 13.0. The van der Waals surface area contributed by atoms with Crippen molar-refractivity contribution < 1.29 is 19.7 Å². The Labute approximate surface area is 217 Å². The van der Waals surface area contributed by atoms with E-state index in [0.29, 0.717) is 5.92 Å². The van der Waals surface area contributed by atoms with Crippen LogP contribution in [0.15, 0.2) is 17.7 Å². The van der Waals surface area contributed by atoms with Crippen molar-refractivity contribution in [3.05, 3.63) is 34.4 Å². The zero-order valence-corrected chi connectivity index (χ0v) is 23.7. The lowest BCUT2D eigenvalue weighted by molar-refractivity contribution is -0.185. The van der Waals surface area contributed by atoms with Gasteiger partial charge in [-0.1, -0.05) is 46.3 Å². The third kappa shape index (κ3) is 2.96. The molecule has 198 valence electrons. The molecule has 1 aromatic carbocycles. The van der Waals surface area contributed by atoms with E-state index in [1.54, 1.807) is 0 Å². The molecule has 0 spiro atoms. The number of methoxy groups -OCH3 is 1. The lowest BCUT2D eigenvalue weighted by Gasteiger charge is -2.71. The molecule has 7 atom stereocenters. The lowest BCUT2D eigenvalue weighted by Crippen LogP contribution is -2.63. The number of hydrogen-bond donors (Lipinski definition) is 2. The van der Waals surface area contributed by atoms with E-state index in [9.17, 15) is 15.0 Å². The summed E-state index contributed by atoms with van der Waals surface area (Å²) >= 11 is 0. The zero-order valence-electron chi connectivity index (χ0n) is 23.7. The van der Waals surface area contributed by atoms with E-state index < -0.39 is 5.41 Å². The number of aromatic hydroxyl groups is 2. The molecule has 0 bridgehead atoms. The summed E-state index contributed by atoms with van der Waals surface area (Å²) in [6.45, 7) is 16.1. The molecule has 4 heteroatoms. The van der Waals surface area contributed by atoms with Crippen molar-refractivity contribution in [1.82, 2.24) is 0 Å². The number of hydrogen-bond acceptors (Lipinski definition) is 4. The zero-order chi connectivity index (χ0) is 26.5. The predicted molar refractivity (Wildman–Crippen MR) is 143 cm³/mol. The fourth-order valence-corrected chi connectivity index (χ4v) is 10.0. The Morgan fingerprint density at radius 2 is 1.72 bits per heavy atom. The standard InChI is InChI=1S/C32H46O4/c1-9-32-15-13-30(6)21-17-22(33)26(34)20(3)25(21)19(2)16-23(30)31(32,7)14-12-28(4)10-11-29(5,18-24(28)32)27(35)36-8/h16-17,19,24,33-34H,9-15,18H2,1-8H3/t19?,24-,28-,29-,30+,31-,32+/m1/s1. The van der Waals surface area contributed by atoms with Gasteiger partial charge in [0.25, 0.3) is 0 Å². The third-order valence-corrected chi connectivity index (χ3v) is 12.3. The van der Waals surface area contributed by atoms with Crippen molar-refractivity contribution in [1.29, 1.82) is 0 Å². The van der Waals surface area contributed by atoms with Gasteiger partial charge in [0.1, 0.15) is 0 Å². The van der Waals surface area contributed by atoms with Crippen molar-refractivity contribution in [2.45, 2.75) is 111 Å². The summed E-state index contributed by atoms with van der Waals surface area (Å²) in [6.07, 6.45) is 11.0. The Balaban J connectivity index is 1.68. The normalized spacial score (nSPS) is 43.4. The van der Waals surface area contributed by atoms with Crippen molar-refractivity contribution in [3.63, 3.8) is 0 Å². The van der Waals surface area contributed by atoms with E-state index in [0.717, 1.165) is 50.5 Å². The van der Waals surface area contributed by atoms with Crippen LogP contribution in [0.4, 0.5) is 0 Å². The Morgan fingerprint density at radius 3 is 2.36 bits per heavy atom. The van der Waals surface area contributed by atoms with E-state index in [1.165, 1.54) is 30.2 Å². The topological polar surface area (TPSA) is 66.8 Å². The minimum Gasteiger partial charge on any atom is -0.504 e. The molecule has 1 aromatic rings. The first-order valence-electron chi connectivity index (χ1n) is 14.1. The molecule has 1 unspecified atom stereocenters. The highest BCUT2D eigenvalue weighted by Gasteiger charge is 2.68. The number of allylic oxidation sites excluding steroid dienone is 2. The second-order valence-corrected chi connectivity index (χ2v) is 13.8. The quantitative estimate of drug-likeness (QED) is 0.251. The maximum atomic E-state index is 13.0. The van der Waals surface area contributed by atoms with Crippen LogP contribution >= 0.6 is 0 Å². The van der Waals surface area contributed by atoms with Crippen molar-refractivity contribution in [2.24, 2.45) is 27.6 Å². The van der Waals surface area contributed by atoms with E-state index >= 15 is 0 Å². The first-order valence-corrected chi connectivity index (χ1v) is 14.1. The Kier molecular flexibility index (Phi) is 5.54. The summed E-state index contributed by atoms with van der Waals surface area (Å²) < 4.78 is 5.33. The van der Waals surface area contributed by atoms with Gasteiger partial charge in [0.15, 0.2) is 11.5 Å². The summed E-state index contributed by atoms with van der Waals surface area (Å²) in [4.78, 5) is 13.0. The SMILES string of the molecule is CC[C@@]12CC[C@]3(C)C(=CC(C)c4c3cc(O)c(O)c4C)[C@@]1(C)CC[C@@]1(C)CC[C@@](C)(C(=O)OC)C[C@H]12. The van der Waals surface area contributed by atoms with Gasteiger partial charge >= 0.3 is 5.97 Å². The predicted octanol–water partition coefficient (Wildman–Crippen LogP) is 7.68. The molecule has 0 saturated heterocycles.